The molecule has 0 saturated heterocycles. The summed E-state index contributed by atoms with van der Waals surface area (Å²) in [7, 11) is 0. The highest BCUT2D eigenvalue weighted by Crippen LogP contribution is 2.30. The number of alkyl halides is 3. The van der Waals surface area contributed by atoms with Crippen LogP contribution in [-0.4, -0.2) is 10.1 Å². The van der Waals surface area contributed by atoms with Crippen LogP contribution in [0.4, 0.5) is 19.2 Å². The van der Waals surface area contributed by atoms with Crippen LogP contribution in [0.2, 0.25) is 0 Å². The van der Waals surface area contributed by atoms with E-state index in [-0.39, 0.29) is 11.8 Å². The van der Waals surface area contributed by atoms with Crippen LogP contribution in [0.5, 0.6) is 0 Å². The van der Waals surface area contributed by atoms with Crippen LogP contribution in [0.3, 0.4) is 0 Å². The molecule has 0 radical (unpaired) electrons. The van der Waals surface area contributed by atoms with Crippen molar-refractivity contribution in [2.24, 2.45) is 5.84 Å². The number of aromatic nitrogens is 2. The molecule has 17 heavy (non-hydrogen) atoms. The van der Waals surface area contributed by atoms with Gasteiger partial charge in [-0.15, -0.1) is 0 Å². The van der Waals surface area contributed by atoms with Gasteiger partial charge in [0.2, 0.25) is 5.82 Å². The number of rotatable bonds is 2. The van der Waals surface area contributed by atoms with Gasteiger partial charge in [-0.1, -0.05) is 17.3 Å². The fourth-order valence-corrected chi connectivity index (χ4v) is 1.21. The zero-order valence-electron chi connectivity index (χ0n) is 8.32. The maximum atomic E-state index is 12.3. The Balaban J connectivity index is 2.29. The van der Waals surface area contributed by atoms with Gasteiger partial charge < -0.3 is 4.52 Å². The Hall–Kier alpha value is -2.09. The summed E-state index contributed by atoms with van der Waals surface area (Å²) in [6.07, 6.45) is -4.36. The van der Waals surface area contributed by atoms with Crippen LogP contribution in [0.1, 0.15) is 5.56 Å². The van der Waals surface area contributed by atoms with Gasteiger partial charge in [0.05, 0.1) is 5.56 Å². The zero-order chi connectivity index (χ0) is 12.5. The van der Waals surface area contributed by atoms with Crippen LogP contribution in [0.15, 0.2) is 28.8 Å². The number of hydrogen-bond acceptors (Lipinski definition) is 5. The summed E-state index contributed by atoms with van der Waals surface area (Å²) >= 11 is 0. The Morgan fingerprint density at radius 1 is 1.18 bits per heavy atom. The summed E-state index contributed by atoms with van der Waals surface area (Å²) in [5, 5.41) is 3.54. The van der Waals surface area contributed by atoms with Crippen molar-refractivity contribution in [2.45, 2.75) is 6.18 Å². The lowest BCUT2D eigenvalue weighted by atomic mass is 10.1. The molecule has 2 aromatic rings. The normalized spacial score (nSPS) is 11.5. The predicted molar refractivity (Wildman–Crippen MR) is 52.5 cm³/mol. The quantitative estimate of drug-likeness (QED) is 0.624. The number of nitrogens with zero attached hydrogens (tertiary/aromatic N) is 2. The lowest BCUT2D eigenvalue weighted by Crippen LogP contribution is -2.06. The molecule has 0 atom stereocenters. The van der Waals surface area contributed by atoms with Crippen molar-refractivity contribution in [1.29, 1.82) is 0 Å². The van der Waals surface area contributed by atoms with E-state index in [1.54, 1.807) is 0 Å². The highest BCUT2D eigenvalue weighted by Gasteiger charge is 2.30. The molecule has 1 aromatic carbocycles. The maximum absolute atomic E-state index is 12.3. The Labute approximate surface area is 93.4 Å². The molecule has 1 aromatic heterocycles. The van der Waals surface area contributed by atoms with Crippen molar-refractivity contribution >= 4 is 6.01 Å². The van der Waals surface area contributed by atoms with E-state index in [1.807, 2.05) is 0 Å². The molecule has 0 aliphatic carbocycles. The number of hydrogen-bond donors (Lipinski definition) is 2. The highest BCUT2D eigenvalue weighted by molar-refractivity contribution is 5.56. The summed E-state index contributed by atoms with van der Waals surface area (Å²) in [5.41, 5.74) is 1.80. The van der Waals surface area contributed by atoms with Crippen molar-refractivity contribution in [3.05, 3.63) is 29.8 Å². The molecule has 0 saturated carbocycles. The van der Waals surface area contributed by atoms with E-state index in [0.717, 1.165) is 12.1 Å². The average molecular weight is 244 g/mol. The van der Waals surface area contributed by atoms with Gasteiger partial charge in [-0.3, -0.25) is 5.43 Å². The number of anilines is 1. The van der Waals surface area contributed by atoms with E-state index >= 15 is 0 Å². The van der Waals surface area contributed by atoms with Gasteiger partial charge in [0.25, 0.3) is 0 Å². The van der Waals surface area contributed by atoms with Gasteiger partial charge in [-0.25, -0.2) is 5.84 Å². The average Bonchev–Trinajstić information content (AvgIpc) is 2.76. The van der Waals surface area contributed by atoms with Crippen LogP contribution in [0, 0.1) is 0 Å². The van der Waals surface area contributed by atoms with Gasteiger partial charge in [0.15, 0.2) is 0 Å². The number of nitrogens with two attached hydrogens (primary N) is 1. The maximum Gasteiger partial charge on any atom is 0.416 e. The molecular formula is C9H7F3N4O. The third kappa shape index (κ3) is 2.36. The minimum atomic E-state index is -4.36. The lowest BCUT2D eigenvalue weighted by Gasteiger charge is -2.05. The molecular weight excluding hydrogens is 237 g/mol. The first-order valence-corrected chi connectivity index (χ1v) is 4.48. The Bertz CT molecular complexity index is 506. The Morgan fingerprint density at radius 3 is 2.29 bits per heavy atom. The summed E-state index contributed by atoms with van der Waals surface area (Å²) < 4.78 is 41.6. The van der Waals surface area contributed by atoms with E-state index < -0.39 is 11.7 Å². The van der Waals surface area contributed by atoms with Crippen LogP contribution >= 0.6 is 0 Å². The summed E-state index contributed by atoms with van der Waals surface area (Å²) in [6.45, 7) is 0. The van der Waals surface area contributed by atoms with Gasteiger partial charge in [-0.2, -0.15) is 18.2 Å². The highest BCUT2D eigenvalue weighted by atomic mass is 19.4. The van der Waals surface area contributed by atoms with Crippen molar-refractivity contribution in [2.75, 3.05) is 5.43 Å². The second-order valence-corrected chi connectivity index (χ2v) is 3.14. The fraction of sp³-hybridized carbons (Fsp3) is 0.111. The first-order chi connectivity index (χ1) is 8.00. The van der Waals surface area contributed by atoms with Gasteiger partial charge in [0.1, 0.15) is 0 Å². The number of nitrogen functional groups attached to an aromatic ring is 1. The number of nitrogens with one attached hydrogen (secondary N) is 1. The van der Waals surface area contributed by atoms with Gasteiger partial charge in [-0.05, 0) is 12.1 Å². The third-order valence-corrected chi connectivity index (χ3v) is 2.02. The number of hydrazine groups is 1. The smallest absolute Gasteiger partial charge is 0.314 e. The van der Waals surface area contributed by atoms with E-state index in [2.05, 4.69) is 20.1 Å². The molecule has 8 heteroatoms. The molecule has 0 aliphatic heterocycles. The monoisotopic (exact) mass is 244 g/mol. The van der Waals surface area contributed by atoms with Crippen LogP contribution < -0.4 is 11.3 Å². The van der Waals surface area contributed by atoms with Crippen molar-refractivity contribution < 1.29 is 17.7 Å². The topological polar surface area (TPSA) is 77.0 Å². The molecule has 0 unspecified atom stereocenters. The molecule has 0 fully saturated rings. The molecule has 0 amide bonds. The second kappa shape index (κ2) is 4.06. The minimum absolute atomic E-state index is 0.0140. The molecule has 1 heterocycles. The Morgan fingerprint density at radius 2 is 1.82 bits per heavy atom. The largest absolute Gasteiger partial charge is 0.416 e. The molecule has 2 rings (SSSR count). The predicted octanol–water partition coefficient (Wildman–Crippen LogP) is 2.04. The summed E-state index contributed by atoms with van der Waals surface area (Å²) in [4.78, 5) is 3.80. The summed E-state index contributed by atoms with van der Waals surface area (Å²) in [5.74, 6) is 5.19. The molecule has 0 spiro atoms. The number of benzene rings is 1. The lowest BCUT2D eigenvalue weighted by molar-refractivity contribution is -0.137. The Kier molecular flexibility index (Phi) is 2.72. The van der Waals surface area contributed by atoms with Crippen LogP contribution in [-0.2, 0) is 6.18 Å². The summed E-state index contributed by atoms with van der Waals surface area (Å²) in [6, 6.07) is 4.39. The first kappa shape index (κ1) is 11.4. The SMILES string of the molecule is NNc1nc(-c2ccc(C(F)(F)F)cc2)no1. The third-order valence-electron chi connectivity index (χ3n) is 2.02. The van der Waals surface area contributed by atoms with E-state index in [9.17, 15) is 13.2 Å². The van der Waals surface area contributed by atoms with E-state index in [0.29, 0.717) is 5.56 Å². The molecule has 5 nitrogen and oxygen atoms in total. The first-order valence-electron chi connectivity index (χ1n) is 4.48. The standard InChI is InChI=1S/C9H7F3N4O/c10-9(11,12)6-3-1-5(2-4-6)7-14-8(15-13)17-16-7/h1-4H,13H2,(H,14,15,16). The zero-order valence-corrected chi connectivity index (χ0v) is 8.32. The van der Waals surface area contributed by atoms with Crippen LogP contribution in [0.25, 0.3) is 11.4 Å². The molecule has 0 bridgehead atoms. The van der Waals surface area contributed by atoms with Crippen molar-refractivity contribution in [1.82, 2.24) is 10.1 Å². The van der Waals surface area contributed by atoms with E-state index in [1.165, 1.54) is 12.1 Å². The van der Waals surface area contributed by atoms with Crippen molar-refractivity contribution in [3.63, 3.8) is 0 Å². The molecule has 0 aliphatic rings. The van der Waals surface area contributed by atoms with Gasteiger partial charge >= 0.3 is 12.2 Å². The minimum Gasteiger partial charge on any atom is -0.314 e. The molecule has 3 N–H and O–H groups in total. The van der Waals surface area contributed by atoms with Crippen molar-refractivity contribution in [3.8, 4) is 11.4 Å². The second-order valence-electron chi connectivity index (χ2n) is 3.14. The van der Waals surface area contributed by atoms with Gasteiger partial charge in [0, 0.05) is 5.56 Å². The fourth-order valence-electron chi connectivity index (χ4n) is 1.21. The number of halogens is 3. The molecule has 90 valence electrons. The van der Waals surface area contributed by atoms with E-state index in [4.69, 9.17) is 5.84 Å².